The molecule has 0 radical (unpaired) electrons. The van der Waals surface area contributed by atoms with E-state index >= 15 is 0 Å². The van der Waals surface area contributed by atoms with Gasteiger partial charge in [-0.3, -0.25) is 4.79 Å². The van der Waals surface area contributed by atoms with E-state index in [9.17, 15) is 4.79 Å². The summed E-state index contributed by atoms with van der Waals surface area (Å²) in [6.07, 6.45) is 6.82. The van der Waals surface area contributed by atoms with Crippen molar-refractivity contribution in [3.63, 3.8) is 0 Å². The smallest absolute Gasteiger partial charge is 0.308 e. The van der Waals surface area contributed by atoms with E-state index in [4.69, 9.17) is 9.47 Å². The first-order valence-corrected chi connectivity index (χ1v) is 7.58. The maximum absolute atomic E-state index is 11.9. The summed E-state index contributed by atoms with van der Waals surface area (Å²) in [6, 6.07) is 0. The number of carbonyl (C=O) groups is 1. The number of fused-ring (bicyclic) bond motifs is 9. The number of esters is 1. The predicted octanol–water partition coefficient (Wildman–Crippen LogP) is 2.62. The molecule has 0 aromatic heterocycles. The van der Waals surface area contributed by atoms with Crippen LogP contribution in [0.25, 0.3) is 0 Å². The molecule has 0 spiro atoms. The van der Waals surface area contributed by atoms with Crippen molar-refractivity contribution >= 4 is 5.97 Å². The van der Waals surface area contributed by atoms with Crippen LogP contribution in [-0.2, 0) is 14.3 Å². The lowest BCUT2D eigenvalue weighted by atomic mass is 9.67. The first kappa shape index (κ1) is 11.8. The van der Waals surface area contributed by atoms with Crippen LogP contribution >= 0.6 is 0 Å². The van der Waals surface area contributed by atoms with Gasteiger partial charge in [-0.25, -0.2) is 0 Å². The van der Waals surface area contributed by atoms with Crippen LogP contribution in [0.5, 0.6) is 0 Å². The molecule has 104 valence electrons. The van der Waals surface area contributed by atoms with Crippen LogP contribution in [0, 0.1) is 41.4 Å². The van der Waals surface area contributed by atoms with Crippen molar-refractivity contribution in [3.05, 3.63) is 12.8 Å². The predicted molar refractivity (Wildman–Crippen MR) is 70.0 cm³/mol. The van der Waals surface area contributed by atoms with Crippen LogP contribution in [0.4, 0.5) is 0 Å². The van der Waals surface area contributed by atoms with Crippen molar-refractivity contribution in [3.8, 4) is 0 Å². The summed E-state index contributed by atoms with van der Waals surface area (Å²) in [5, 5.41) is 0. The van der Waals surface area contributed by atoms with Crippen LogP contribution < -0.4 is 0 Å². The lowest BCUT2D eigenvalue weighted by molar-refractivity contribution is -0.149. The van der Waals surface area contributed by atoms with E-state index in [1.165, 1.54) is 26.4 Å². The molecule has 19 heavy (non-hydrogen) atoms. The minimum atomic E-state index is 0.0231. The number of hydrogen-bond donors (Lipinski definition) is 0. The molecule has 0 saturated heterocycles. The number of carbonyl (C=O) groups excluding carboxylic acids is 1. The van der Waals surface area contributed by atoms with Crippen LogP contribution in [0.1, 0.15) is 25.7 Å². The molecule has 0 aromatic carbocycles. The van der Waals surface area contributed by atoms with E-state index in [0.29, 0.717) is 23.9 Å². The van der Waals surface area contributed by atoms with Gasteiger partial charge in [0.15, 0.2) is 0 Å². The van der Waals surface area contributed by atoms with Crippen molar-refractivity contribution in [1.82, 2.24) is 0 Å². The zero-order chi connectivity index (χ0) is 13.1. The second-order valence-corrected chi connectivity index (χ2v) is 6.92. The summed E-state index contributed by atoms with van der Waals surface area (Å²) in [6.45, 7) is 3.70. The summed E-state index contributed by atoms with van der Waals surface area (Å²) >= 11 is 0. The third-order valence-corrected chi connectivity index (χ3v) is 6.53. The Morgan fingerprint density at radius 1 is 1.11 bits per heavy atom. The highest BCUT2D eigenvalue weighted by Crippen LogP contribution is 2.69. The van der Waals surface area contributed by atoms with Crippen molar-refractivity contribution in [2.45, 2.75) is 31.8 Å². The van der Waals surface area contributed by atoms with Crippen molar-refractivity contribution in [2.75, 3.05) is 7.11 Å². The number of rotatable bonds is 3. The van der Waals surface area contributed by atoms with E-state index in [-0.39, 0.29) is 11.9 Å². The minimum absolute atomic E-state index is 0.0231. The Morgan fingerprint density at radius 3 is 2.58 bits per heavy atom. The van der Waals surface area contributed by atoms with Crippen LogP contribution in [0.2, 0.25) is 0 Å². The fourth-order valence-corrected chi connectivity index (χ4v) is 6.25. The Labute approximate surface area is 114 Å². The topological polar surface area (TPSA) is 35.5 Å². The normalized spacial score (nSPS) is 53.1. The Hall–Kier alpha value is -0.990. The molecule has 4 fully saturated rings. The molecular formula is C16H22O3. The van der Waals surface area contributed by atoms with E-state index in [0.717, 1.165) is 24.2 Å². The average molecular weight is 262 g/mol. The lowest BCUT2D eigenvalue weighted by Crippen LogP contribution is -2.40. The van der Waals surface area contributed by atoms with Crippen molar-refractivity contribution in [2.24, 2.45) is 41.4 Å². The van der Waals surface area contributed by atoms with Gasteiger partial charge in [-0.15, -0.1) is 0 Å². The molecule has 0 aromatic rings. The lowest BCUT2D eigenvalue weighted by Gasteiger charge is -2.40. The maximum atomic E-state index is 11.9. The van der Waals surface area contributed by atoms with Gasteiger partial charge in [0.25, 0.3) is 0 Å². The molecule has 4 aliphatic carbocycles. The molecule has 3 nitrogen and oxygen atoms in total. The molecule has 0 aliphatic heterocycles. The summed E-state index contributed by atoms with van der Waals surface area (Å²) in [5.41, 5.74) is 0. The Morgan fingerprint density at radius 2 is 1.84 bits per heavy atom. The van der Waals surface area contributed by atoms with E-state index < -0.39 is 0 Å². The van der Waals surface area contributed by atoms with E-state index in [2.05, 4.69) is 6.58 Å². The Kier molecular flexibility index (Phi) is 2.49. The molecule has 4 saturated carbocycles. The van der Waals surface area contributed by atoms with Crippen LogP contribution in [0.15, 0.2) is 12.8 Å². The zero-order valence-electron chi connectivity index (χ0n) is 11.5. The zero-order valence-corrected chi connectivity index (χ0v) is 11.5. The highest BCUT2D eigenvalue weighted by molar-refractivity contribution is 5.73. The van der Waals surface area contributed by atoms with Gasteiger partial charge in [0, 0.05) is 0 Å². The van der Waals surface area contributed by atoms with Gasteiger partial charge in [-0.05, 0) is 61.2 Å². The average Bonchev–Trinajstić information content (AvgIpc) is 3.14. The quantitative estimate of drug-likeness (QED) is 0.445. The fraction of sp³-hybridized carbons (Fsp3) is 0.812. The molecule has 0 amide bonds. The molecular weight excluding hydrogens is 240 g/mol. The first-order chi connectivity index (χ1) is 9.24. The molecule has 8 atom stereocenters. The molecule has 0 heterocycles. The summed E-state index contributed by atoms with van der Waals surface area (Å²) in [4.78, 5) is 11.9. The minimum Gasteiger partial charge on any atom is -0.498 e. The maximum Gasteiger partial charge on any atom is 0.308 e. The van der Waals surface area contributed by atoms with Gasteiger partial charge in [0.05, 0.1) is 19.3 Å². The monoisotopic (exact) mass is 262 g/mol. The summed E-state index contributed by atoms with van der Waals surface area (Å²) in [5.74, 6) is 4.62. The number of hydrogen-bond acceptors (Lipinski definition) is 3. The highest BCUT2D eigenvalue weighted by atomic mass is 16.5. The molecule has 8 unspecified atom stereocenters. The van der Waals surface area contributed by atoms with Gasteiger partial charge < -0.3 is 9.47 Å². The third kappa shape index (κ3) is 1.42. The van der Waals surface area contributed by atoms with E-state index in [1.54, 1.807) is 6.26 Å². The fourth-order valence-electron chi connectivity index (χ4n) is 6.25. The highest BCUT2D eigenvalue weighted by Gasteiger charge is 2.66. The number of ether oxygens (including phenoxy) is 2. The largest absolute Gasteiger partial charge is 0.498 e. The van der Waals surface area contributed by atoms with Gasteiger partial charge in [-0.1, -0.05) is 6.58 Å². The van der Waals surface area contributed by atoms with Gasteiger partial charge in [0.2, 0.25) is 0 Å². The second-order valence-electron chi connectivity index (χ2n) is 6.92. The Bertz CT molecular complexity index is 418. The van der Waals surface area contributed by atoms with Gasteiger partial charge >= 0.3 is 5.97 Å². The van der Waals surface area contributed by atoms with Gasteiger partial charge in [-0.2, -0.15) is 0 Å². The summed E-state index contributed by atoms with van der Waals surface area (Å²) in [7, 11) is 1.52. The van der Waals surface area contributed by atoms with Crippen molar-refractivity contribution < 1.29 is 14.3 Å². The van der Waals surface area contributed by atoms with Crippen molar-refractivity contribution in [1.29, 1.82) is 0 Å². The molecule has 4 rings (SSSR count). The third-order valence-electron chi connectivity index (χ3n) is 6.53. The van der Waals surface area contributed by atoms with Gasteiger partial charge in [0.1, 0.15) is 6.10 Å². The van der Waals surface area contributed by atoms with Crippen LogP contribution in [-0.4, -0.2) is 19.2 Å². The Balaban J connectivity index is 1.58. The second kappa shape index (κ2) is 4.00. The molecule has 3 heteroatoms. The summed E-state index contributed by atoms with van der Waals surface area (Å²) < 4.78 is 10.7. The SMILES string of the molecule is C=COC1CC2CC1C1C3CC(CC3C(=O)OC)C21. The molecule has 4 aliphatic rings. The standard InChI is InChI=1S/C16H22O3/c1-3-19-13-7-9-6-12(13)15-10-4-8(14(9)15)5-11(10)16(17)18-2/h3,8-15H,1,4-7H2,2H3. The van der Waals surface area contributed by atoms with E-state index in [1.807, 2.05) is 0 Å². The molecule has 4 bridgehead atoms. The first-order valence-electron chi connectivity index (χ1n) is 7.58. The van der Waals surface area contributed by atoms with Crippen LogP contribution in [0.3, 0.4) is 0 Å². The number of methoxy groups -OCH3 is 1. The molecule has 0 N–H and O–H groups in total.